The molecule has 0 spiro atoms. The number of hydrogen-bond donors (Lipinski definition) is 1. The van der Waals surface area contributed by atoms with Crippen LogP contribution >= 0.6 is 0 Å². The Labute approximate surface area is 63.9 Å². The molecule has 0 radical (unpaired) electrons. The molecule has 10 heavy (non-hydrogen) atoms. The van der Waals surface area contributed by atoms with Crippen LogP contribution in [0.4, 0.5) is 0 Å². The quantitative estimate of drug-likeness (QED) is 0.631. The second kappa shape index (κ2) is 4.34. The van der Waals surface area contributed by atoms with Gasteiger partial charge in [0.1, 0.15) is 0 Å². The summed E-state index contributed by atoms with van der Waals surface area (Å²) >= 11 is 0. The molecular weight excluding hydrogens is 124 g/mol. The molecule has 0 aliphatic heterocycles. The van der Waals surface area contributed by atoms with Gasteiger partial charge in [0.25, 0.3) is 0 Å². The molecule has 2 nitrogen and oxygen atoms in total. The Morgan fingerprint density at radius 1 is 1.50 bits per heavy atom. The van der Waals surface area contributed by atoms with Crippen molar-refractivity contribution in [3.63, 3.8) is 0 Å². The number of rotatable bonds is 4. The van der Waals surface area contributed by atoms with Crippen LogP contribution in [-0.2, 0) is 0 Å². The van der Waals surface area contributed by atoms with Crippen LogP contribution in [0.25, 0.3) is 0 Å². The van der Waals surface area contributed by atoms with E-state index in [1.54, 1.807) is 0 Å². The maximum Gasteiger partial charge on any atom is 0.0369 e. The lowest BCUT2D eigenvalue weighted by Crippen LogP contribution is -2.28. The predicted octanol–water partition coefficient (Wildman–Crippen LogP) is 1.06. The van der Waals surface area contributed by atoms with Gasteiger partial charge in [-0.05, 0) is 27.9 Å². The summed E-state index contributed by atoms with van der Waals surface area (Å²) in [7, 11) is 4.07. The fourth-order valence-corrected chi connectivity index (χ4v) is 0.836. The van der Waals surface area contributed by atoms with Gasteiger partial charge in [0.2, 0.25) is 0 Å². The Bertz CT molecular complexity index is 93.8. The summed E-state index contributed by atoms with van der Waals surface area (Å²) < 4.78 is 0. The zero-order valence-electron chi connectivity index (χ0n) is 7.44. The first-order chi connectivity index (χ1) is 4.52. The molecule has 0 aliphatic rings. The summed E-state index contributed by atoms with van der Waals surface area (Å²) in [5, 5.41) is 3.24. The normalized spacial score (nSPS) is 10.6. The van der Waals surface area contributed by atoms with Gasteiger partial charge >= 0.3 is 0 Å². The van der Waals surface area contributed by atoms with Gasteiger partial charge in [0, 0.05) is 18.3 Å². The molecular formula is C8H18N2. The third kappa shape index (κ3) is 5.63. The lowest BCUT2D eigenvalue weighted by molar-refractivity contribution is 0.427. The van der Waals surface area contributed by atoms with Gasteiger partial charge in [0.15, 0.2) is 0 Å². The van der Waals surface area contributed by atoms with Crippen molar-refractivity contribution < 1.29 is 0 Å². The van der Waals surface area contributed by atoms with Crippen LogP contribution in [0.2, 0.25) is 0 Å². The van der Waals surface area contributed by atoms with E-state index in [4.69, 9.17) is 0 Å². The summed E-state index contributed by atoms with van der Waals surface area (Å²) in [6.45, 7) is 9.02. The van der Waals surface area contributed by atoms with Crippen LogP contribution in [0.5, 0.6) is 0 Å². The van der Waals surface area contributed by atoms with Crippen LogP contribution < -0.4 is 5.32 Å². The third-order valence-electron chi connectivity index (χ3n) is 1.000. The van der Waals surface area contributed by atoms with Crippen molar-refractivity contribution in [2.45, 2.75) is 19.9 Å². The van der Waals surface area contributed by atoms with Crippen molar-refractivity contribution in [3.05, 3.63) is 12.3 Å². The summed E-state index contributed by atoms with van der Waals surface area (Å²) in [4.78, 5) is 2.09. The number of hydrogen-bond acceptors (Lipinski definition) is 2. The van der Waals surface area contributed by atoms with E-state index < -0.39 is 0 Å². The molecule has 0 aromatic carbocycles. The third-order valence-corrected chi connectivity index (χ3v) is 1.000. The average Bonchev–Trinajstić information content (AvgIpc) is 1.58. The van der Waals surface area contributed by atoms with Gasteiger partial charge in [-0.25, -0.2) is 0 Å². The number of nitrogens with zero attached hydrogens (tertiary/aromatic N) is 1. The van der Waals surface area contributed by atoms with Crippen molar-refractivity contribution in [1.82, 2.24) is 10.2 Å². The monoisotopic (exact) mass is 142 g/mol. The second-order valence-electron chi connectivity index (χ2n) is 3.14. The summed E-state index contributed by atoms with van der Waals surface area (Å²) in [5.74, 6) is 0. The first-order valence-corrected chi connectivity index (χ1v) is 3.61. The van der Waals surface area contributed by atoms with E-state index in [0.717, 1.165) is 12.2 Å². The first-order valence-electron chi connectivity index (χ1n) is 3.61. The largest absolute Gasteiger partial charge is 0.386 e. The molecule has 0 bridgehead atoms. The van der Waals surface area contributed by atoms with Crippen LogP contribution in [0.3, 0.4) is 0 Å². The van der Waals surface area contributed by atoms with Gasteiger partial charge in [-0.2, -0.15) is 0 Å². The molecule has 60 valence electrons. The highest BCUT2D eigenvalue weighted by Crippen LogP contribution is 1.89. The number of likely N-dealkylation sites (N-methyl/N-ethyl adjacent to an activating group) is 1. The highest BCUT2D eigenvalue weighted by atomic mass is 15.1. The maximum atomic E-state index is 3.88. The van der Waals surface area contributed by atoms with Crippen LogP contribution in [0.1, 0.15) is 13.8 Å². The first kappa shape index (κ1) is 9.50. The molecule has 0 aromatic rings. The van der Waals surface area contributed by atoms with E-state index in [1.807, 2.05) is 14.1 Å². The molecule has 0 aromatic heterocycles. The molecule has 0 amide bonds. The minimum atomic E-state index is 0.493. The second-order valence-corrected chi connectivity index (χ2v) is 3.14. The van der Waals surface area contributed by atoms with Gasteiger partial charge in [-0.3, -0.25) is 0 Å². The van der Waals surface area contributed by atoms with E-state index in [2.05, 4.69) is 30.6 Å². The zero-order chi connectivity index (χ0) is 8.15. The molecule has 0 aliphatic carbocycles. The highest BCUT2D eigenvalue weighted by Gasteiger charge is 1.96. The Morgan fingerprint density at radius 2 is 2.00 bits per heavy atom. The van der Waals surface area contributed by atoms with Crippen molar-refractivity contribution >= 4 is 0 Å². The van der Waals surface area contributed by atoms with Crippen LogP contribution in [-0.4, -0.2) is 31.6 Å². The molecule has 0 fully saturated rings. The molecule has 0 atom stereocenters. The highest BCUT2D eigenvalue weighted by molar-refractivity contribution is 4.94. The van der Waals surface area contributed by atoms with Crippen molar-refractivity contribution in [1.29, 1.82) is 0 Å². The topological polar surface area (TPSA) is 15.3 Å². The van der Waals surface area contributed by atoms with E-state index in [1.165, 1.54) is 0 Å². The molecule has 0 rings (SSSR count). The Kier molecular flexibility index (Phi) is 4.12. The lowest BCUT2D eigenvalue weighted by Gasteiger charge is -2.16. The smallest absolute Gasteiger partial charge is 0.0369 e. The van der Waals surface area contributed by atoms with Gasteiger partial charge < -0.3 is 10.2 Å². The summed E-state index contributed by atoms with van der Waals surface area (Å²) in [6, 6.07) is 0.493. The minimum absolute atomic E-state index is 0.493. The average molecular weight is 142 g/mol. The Hall–Kier alpha value is -0.500. The van der Waals surface area contributed by atoms with E-state index >= 15 is 0 Å². The standard InChI is InChI=1S/C8H18N2/c1-7(2)9-8(3)6-10(4)5/h7,9H,3,6H2,1-2,4-5H3. The van der Waals surface area contributed by atoms with Gasteiger partial charge in [-0.15, -0.1) is 0 Å². The van der Waals surface area contributed by atoms with Crippen LogP contribution in [0, 0.1) is 0 Å². The number of nitrogens with one attached hydrogen (secondary N) is 1. The molecule has 0 heterocycles. The SMILES string of the molecule is C=C(CN(C)C)NC(C)C. The van der Waals surface area contributed by atoms with Crippen molar-refractivity contribution in [2.75, 3.05) is 20.6 Å². The van der Waals surface area contributed by atoms with E-state index in [9.17, 15) is 0 Å². The zero-order valence-corrected chi connectivity index (χ0v) is 7.44. The summed E-state index contributed by atoms with van der Waals surface area (Å²) in [6.07, 6.45) is 0. The maximum absolute atomic E-state index is 3.88. The minimum Gasteiger partial charge on any atom is -0.386 e. The predicted molar refractivity (Wildman–Crippen MR) is 46.0 cm³/mol. The fourth-order valence-electron chi connectivity index (χ4n) is 0.836. The molecule has 0 saturated carbocycles. The van der Waals surface area contributed by atoms with Crippen molar-refractivity contribution in [2.24, 2.45) is 0 Å². The van der Waals surface area contributed by atoms with Crippen LogP contribution in [0.15, 0.2) is 12.3 Å². The summed E-state index contributed by atoms with van der Waals surface area (Å²) in [5.41, 5.74) is 1.08. The Balaban J connectivity index is 3.44. The molecule has 1 N–H and O–H groups in total. The lowest BCUT2D eigenvalue weighted by atomic mass is 10.3. The van der Waals surface area contributed by atoms with Gasteiger partial charge in [0.05, 0.1) is 0 Å². The molecule has 0 unspecified atom stereocenters. The van der Waals surface area contributed by atoms with Gasteiger partial charge in [-0.1, -0.05) is 6.58 Å². The molecule has 2 heteroatoms. The van der Waals surface area contributed by atoms with Crippen molar-refractivity contribution in [3.8, 4) is 0 Å². The van der Waals surface area contributed by atoms with E-state index in [0.29, 0.717) is 6.04 Å². The molecule has 0 saturated heterocycles. The fraction of sp³-hybridized carbons (Fsp3) is 0.750. The Morgan fingerprint density at radius 3 is 2.30 bits per heavy atom. The van der Waals surface area contributed by atoms with E-state index in [-0.39, 0.29) is 0 Å².